The fourth-order valence-electron chi connectivity index (χ4n) is 6.58. The predicted molar refractivity (Wildman–Crippen MR) is 173 cm³/mol. The molecule has 2 amide bonds. The van der Waals surface area contributed by atoms with E-state index in [4.69, 9.17) is 0 Å². The quantitative estimate of drug-likeness (QED) is 0.178. The van der Waals surface area contributed by atoms with Gasteiger partial charge in [-0.3, -0.25) is 9.59 Å². The average Bonchev–Trinajstić information content (AvgIpc) is 3.53. The highest BCUT2D eigenvalue weighted by Crippen LogP contribution is 2.26. The first kappa shape index (κ1) is 29.9. The van der Waals surface area contributed by atoms with Crippen molar-refractivity contribution in [3.8, 4) is 0 Å². The van der Waals surface area contributed by atoms with Crippen molar-refractivity contribution < 1.29 is 9.59 Å². The Morgan fingerprint density at radius 2 is 0.810 bits per heavy atom. The SMILES string of the molecule is O=C1CCCCCCC(=O)NCCc2c([nH]c3ccccc23)CCCCCCCCc2[nH]c3ccccc3c2CCN1. The second-order valence-electron chi connectivity index (χ2n) is 12.0. The van der Waals surface area contributed by atoms with Crippen LogP contribution in [0.15, 0.2) is 48.5 Å². The molecule has 224 valence electrons. The fraction of sp³-hybridized carbons (Fsp3) is 0.500. The lowest BCUT2D eigenvalue weighted by molar-refractivity contribution is -0.122. The van der Waals surface area contributed by atoms with E-state index in [1.54, 1.807) is 0 Å². The van der Waals surface area contributed by atoms with Crippen LogP contribution in [-0.2, 0) is 35.3 Å². The van der Waals surface area contributed by atoms with Gasteiger partial charge in [-0.2, -0.15) is 0 Å². The molecule has 0 unspecified atom stereocenters. The van der Waals surface area contributed by atoms with E-state index in [0.29, 0.717) is 25.9 Å². The number of hydrogen-bond donors (Lipinski definition) is 4. The van der Waals surface area contributed by atoms with Gasteiger partial charge < -0.3 is 20.6 Å². The van der Waals surface area contributed by atoms with E-state index >= 15 is 0 Å². The van der Waals surface area contributed by atoms with Crippen LogP contribution in [-0.4, -0.2) is 34.9 Å². The molecule has 0 fully saturated rings. The van der Waals surface area contributed by atoms with Gasteiger partial charge in [0.1, 0.15) is 0 Å². The summed E-state index contributed by atoms with van der Waals surface area (Å²) in [7, 11) is 0. The van der Waals surface area contributed by atoms with E-state index in [9.17, 15) is 9.59 Å². The number of carbonyl (C=O) groups is 2. The molecule has 6 nitrogen and oxygen atoms in total. The van der Waals surface area contributed by atoms with Gasteiger partial charge in [0, 0.05) is 59.1 Å². The van der Waals surface area contributed by atoms with Crippen LogP contribution in [0.25, 0.3) is 21.8 Å². The fourth-order valence-corrected chi connectivity index (χ4v) is 6.58. The molecule has 0 saturated heterocycles. The lowest BCUT2D eigenvalue weighted by Gasteiger charge is -2.09. The van der Waals surface area contributed by atoms with E-state index < -0.39 is 0 Å². The summed E-state index contributed by atoms with van der Waals surface area (Å²) in [4.78, 5) is 32.3. The highest BCUT2D eigenvalue weighted by Gasteiger charge is 2.13. The Morgan fingerprint density at radius 1 is 0.429 bits per heavy atom. The van der Waals surface area contributed by atoms with Gasteiger partial charge in [0.25, 0.3) is 0 Å². The van der Waals surface area contributed by atoms with Crippen molar-refractivity contribution in [2.24, 2.45) is 0 Å². The van der Waals surface area contributed by atoms with E-state index in [1.165, 1.54) is 82.8 Å². The van der Waals surface area contributed by atoms with Gasteiger partial charge in [0.15, 0.2) is 0 Å². The summed E-state index contributed by atoms with van der Waals surface area (Å²) >= 11 is 0. The smallest absolute Gasteiger partial charge is 0.220 e. The molecule has 2 aromatic heterocycles. The number of nitrogens with one attached hydrogen (secondary N) is 4. The Bertz CT molecular complexity index is 1340. The van der Waals surface area contributed by atoms with Crippen LogP contribution in [0.4, 0.5) is 0 Å². The van der Waals surface area contributed by atoms with Gasteiger partial charge in [-0.15, -0.1) is 0 Å². The van der Waals surface area contributed by atoms with Crippen LogP contribution in [0.2, 0.25) is 0 Å². The summed E-state index contributed by atoms with van der Waals surface area (Å²) in [6, 6.07) is 17.1. The standard InChI is InChI=1S/C36H48N4O2/c41-35-21-9-5-6-10-22-36(42)38-26-24-30-28-16-12-14-20-32(28)40-34(30)18-8-4-2-1-3-7-17-33-29(23-25-37-35)27-15-11-13-19-31(27)39-33/h11-16,19-20,39-40H,1-10,17-18,21-26H2,(H,37,41)(H,38,42). The Kier molecular flexibility index (Phi) is 11.1. The van der Waals surface area contributed by atoms with Crippen LogP contribution in [0, 0.1) is 0 Å². The van der Waals surface area contributed by atoms with Crippen LogP contribution >= 0.6 is 0 Å². The Hall–Kier alpha value is -3.54. The number of carbonyl (C=O) groups excluding carboxylic acids is 2. The van der Waals surface area contributed by atoms with E-state index in [1.807, 2.05) is 0 Å². The molecule has 0 aliphatic carbocycles. The van der Waals surface area contributed by atoms with Crippen molar-refractivity contribution in [2.45, 2.75) is 103 Å². The molecule has 4 N–H and O–H groups in total. The number of aromatic amines is 2. The normalized spacial score (nSPS) is 18.2. The van der Waals surface area contributed by atoms with E-state index in [0.717, 1.165) is 51.4 Å². The lowest BCUT2D eigenvalue weighted by atomic mass is 10.0. The van der Waals surface area contributed by atoms with Gasteiger partial charge in [0.2, 0.25) is 11.8 Å². The maximum atomic E-state index is 12.5. The Morgan fingerprint density at radius 3 is 1.26 bits per heavy atom. The minimum absolute atomic E-state index is 0.132. The predicted octanol–water partition coefficient (Wildman–Crippen LogP) is 7.45. The van der Waals surface area contributed by atoms with Crippen LogP contribution in [0.5, 0.6) is 0 Å². The number of benzene rings is 2. The largest absolute Gasteiger partial charge is 0.358 e. The molecule has 6 heteroatoms. The first-order valence-electron chi connectivity index (χ1n) is 16.4. The second kappa shape index (κ2) is 15.6. The number of H-pyrrole nitrogens is 2. The number of amides is 2. The number of aromatic nitrogens is 2. The third kappa shape index (κ3) is 8.27. The zero-order valence-electron chi connectivity index (χ0n) is 25.2. The maximum absolute atomic E-state index is 12.5. The summed E-state index contributed by atoms with van der Waals surface area (Å²) in [5.41, 5.74) is 7.79. The number of fused-ring (bicyclic) bond motifs is 6. The van der Waals surface area contributed by atoms with Gasteiger partial charge in [-0.25, -0.2) is 0 Å². The van der Waals surface area contributed by atoms with Gasteiger partial charge in [-0.1, -0.05) is 74.9 Å². The van der Waals surface area contributed by atoms with Crippen LogP contribution < -0.4 is 10.6 Å². The highest BCUT2D eigenvalue weighted by atomic mass is 16.2. The van der Waals surface area contributed by atoms with Crippen LogP contribution in [0.1, 0.15) is 99.6 Å². The molecule has 0 spiro atoms. The van der Waals surface area contributed by atoms with Crippen molar-refractivity contribution in [1.29, 1.82) is 0 Å². The molecule has 3 heterocycles. The van der Waals surface area contributed by atoms with Crippen molar-refractivity contribution in [3.05, 3.63) is 71.0 Å². The topological polar surface area (TPSA) is 89.8 Å². The number of para-hydroxylation sites is 2. The molecule has 0 atom stereocenters. The first-order valence-corrected chi connectivity index (χ1v) is 16.4. The number of hydrogen-bond acceptors (Lipinski definition) is 2. The molecule has 0 saturated carbocycles. The minimum atomic E-state index is 0.132. The third-order valence-electron chi connectivity index (χ3n) is 8.86. The Labute approximate surface area is 250 Å². The molecule has 1 aliphatic rings. The number of rotatable bonds is 0. The van der Waals surface area contributed by atoms with E-state index in [-0.39, 0.29) is 11.8 Å². The Balaban J connectivity index is 1.20. The second-order valence-corrected chi connectivity index (χ2v) is 12.0. The van der Waals surface area contributed by atoms with Gasteiger partial charge in [-0.05, 0) is 74.6 Å². The molecule has 1 aliphatic heterocycles. The first-order chi connectivity index (χ1) is 20.7. The van der Waals surface area contributed by atoms with Crippen molar-refractivity contribution >= 4 is 33.6 Å². The van der Waals surface area contributed by atoms with Crippen molar-refractivity contribution in [1.82, 2.24) is 20.6 Å². The third-order valence-corrected chi connectivity index (χ3v) is 8.86. The highest BCUT2D eigenvalue weighted by molar-refractivity contribution is 5.85. The van der Waals surface area contributed by atoms with Crippen molar-refractivity contribution in [3.63, 3.8) is 0 Å². The zero-order chi connectivity index (χ0) is 29.0. The summed E-state index contributed by atoms with van der Waals surface area (Å²) in [5.74, 6) is 0.263. The summed E-state index contributed by atoms with van der Waals surface area (Å²) in [5, 5.41) is 8.86. The summed E-state index contributed by atoms with van der Waals surface area (Å²) in [6.07, 6.45) is 16.0. The minimum Gasteiger partial charge on any atom is -0.358 e. The molecule has 0 bridgehead atoms. The molecular weight excluding hydrogens is 520 g/mol. The summed E-state index contributed by atoms with van der Waals surface area (Å²) < 4.78 is 0. The van der Waals surface area contributed by atoms with Gasteiger partial charge >= 0.3 is 0 Å². The molecule has 2 aromatic carbocycles. The monoisotopic (exact) mass is 568 g/mol. The average molecular weight is 569 g/mol. The number of aryl methyl sites for hydroxylation is 2. The molecule has 0 radical (unpaired) electrons. The maximum Gasteiger partial charge on any atom is 0.220 e. The molecule has 42 heavy (non-hydrogen) atoms. The van der Waals surface area contributed by atoms with Crippen molar-refractivity contribution in [2.75, 3.05) is 13.1 Å². The molecule has 5 rings (SSSR count). The molecule has 4 aromatic rings. The summed E-state index contributed by atoms with van der Waals surface area (Å²) in [6.45, 7) is 1.35. The molecular formula is C36H48N4O2. The van der Waals surface area contributed by atoms with E-state index in [2.05, 4.69) is 69.1 Å². The zero-order valence-corrected chi connectivity index (χ0v) is 25.2. The van der Waals surface area contributed by atoms with Crippen LogP contribution in [0.3, 0.4) is 0 Å². The van der Waals surface area contributed by atoms with Gasteiger partial charge in [0.05, 0.1) is 0 Å². The lowest BCUT2D eigenvalue weighted by Crippen LogP contribution is -2.25.